The third-order valence-electron chi connectivity index (χ3n) is 4.09. The van der Waals surface area contributed by atoms with Gasteiger partial charge in [-0.15, -0.1) is 0 Å². The van der Waals surface area contributed by atoms with Crippen molar-refractivity contribution in [3.8, 4) is 0 Å². The molecule has 0 spiro atoms. The normalized spacial score (nSPS) is 14.2. The Balaban J connectivity index is 1.85. The monoisotopic (exact) mass is 368 g/mol. The second-order valence-electron chi connectivity index (χ2n) is 6.10. The molecule has 1 heterocycles. The van der Waals surface area contributed by atoms with Crippen LogP contribution in [0.3, 0.4) is 0 Å². The van der Waals surface area contributed by atoms with E-state index in [1.807, 2.05) is 26.0 Å². The quantitative estimate of drug-likeness (QED) is 0.540. The highest BCUT2D eigenvalue weighted by molar-refractivity contribution is 7.73. The van der Waals surface area contributed by atoms with E-state index in [1.165, 1.54) is 4.68 Å². The lowest BCUT2D eigenvalue weighted by Gasteiger charge is -2.12. The summed E-state index contributed by atoms with van der Waals surface area (Å²) in [5.74, 6) is 5.95. The van der Waals surface area contributed by atoms with Crippen molar-refractivity contribution in [2.45, 2.75) is 20.4 Å². The van der Waals surface area contributed by atoms with Gasteiger partial charge in [-0.3, -0.25) is 4.57 Å². The molecule has 1 unspecified atom stereocenters. The Labute approximate surface area is 152 Å². The van der Waals surface area contributed by atoms with E-state index in [4.69, 9.17) is 5.84 Å². The lowest BCUT2D eigenvalue weighted by molar-refractivity contribution is 0.501. The van der Waals surface area contributed by atoms with Gasteiger partial charge in [-0.1, -0.05) is 30.3 Å². The summed E-state index contributed by atoms with van der Waals surface area (Å²) in [5.41, 5.74) is 3.07. The Morgan fingerprint density at radius 1 is 1.08 bits per heavy atom. The van der Waals surface area contributed by atoms with Crippen LogP contribution < -0.4 is 22.1 Å². The van der Waals surface area contributed by atoms with E-state index in [2.05, 4.69) is 9.98 Å². The van der Waals surface area contributed by atoms with Gasteiger partial charge in [0.25, 0.3) is 7.37 Å². The molecule has 0 radical (unpaired) electrons. The van der Waals surface area contributed by atoms with Crippen molar-refractivity contribution in [3.05, 3.63) is 83.2 Å². The van der Waals surface area contributed by atoms with Crippen LogP contribution in [-0.2, 0) is 11.1 Å². The summed E-state index contributed by atoms with van der Waals surface area (Å²) in [5, 5.41) is 0.812. The van der Waals surface area contributed by atoms with E-state index in [-0.39, 0.29) is 0 Å². The number of aryl methyl sites for hydroxylation is 2. The molecule has 0 saturated heterocycles. The minimum Gasteiger partial charge on any atom is -0.338 e. The van der Waals surface area contributed by atoms with E-state index < -0.39 is 7.37 Å². The van der Waals surface area contributed by atoms with Crippen molar-refractivity contribution in [2.75, 3.05) is 5.84 Å². The van der Waals surface area contributed by atoms with Crippen LogP contribution in [0, 0.1) is 13.8 Å². The van der Waals surface area contributed by atoms with Crippen LogP contribution in [0.4, 0.5) is 0 Å². The standard InChI is InChI=1S/C19H21N4O2P/c1-14-12-15(2)23(20)19(22-14)21-13-16-8-10-18(11-9-16)26(24,25)17-6-4-3-5-7-17/h3-12H,13,20H2,1-2H3,(H,24,25). The van der Waals surface area contributed by atoms with Crippen molar-refractivity contribution in [2.24, 2.45) is 4.99 Å². The Morgan fingerprint density at radius 3 is 2.35 bits per heavy atom. The van der Waals surface area contributed by atoms with Gasteiger partial charge in [-0.05, 0) is 49.7 Å². The minimum atomic E-state index is -3.58. The Bertz CT molecular complexity index is 1030. The summed E-state index contributed by atoms with van der Waals surface area (Å²) in [6.45, 7) is 4.17. The van der Waals surface area contributed by atoms with Gasteiger partial charge in [0.05, 0.1) is 6.54 Å². The SMILES string of the molecule is Cc1cc(C)n(N)c(=NCc2ccc(P(=O)(O)c3ccccc3)cc2)n1. The third-order valence-corrected chi connectivity index (χ3v) is 6.08. The molecular weight excluding hydrogens is 347 g/mol. The molecule has 26 heavy (non-hydrogen) atoms. The first-order chi connectivity index (χ1) is 12.4. The summed E-state index contributed by atoms with van der Waals surface area (Å²) in [7, 11) is -3.58. The van der Waals surface area contributed by atoms with Gasteiger partial charge in [0, 0.05) is 22.0 Å². The maximum absolute atomic E-state index is 12.7. The van der Waals surface area contributed by atoms with E-state index in [9.17, 15) is 9.46 Å². The van der Waals surface area contributed by atoms with Gasteiger partial charge in [-0.2, -0.15) is 0 Å². The van der Waals surface area contributed by atoms with E-state index >= 15 is 0 Å². The molecule has 0 saturated carbocycles. The summed E-state index contributed by atoms with van der Waals surface area (Å²) < 4.78 is 14.2. The predicted octanol–water partition coefficient (Wildman–Crippen LogP) is 1.54. The molecule has 0 bridgehead atoms. The number of aromatic nitrogens is 2. The maximum atomic E-state index is 12.7. The molecule has 1 atom stereocenters. The third kappa shape index (κ3) is 3.77. The van der Waals surface area contributed by atoms with Crippen molar-refractivity contribution >= 4 is 18.0 Å². The van der Waals surface area contributed by atoms with Gasteiger partial charge in [-0.25, -0.2) is 14.7 Å². The van der Waals surface area contributed by atoms with Crippen LogP contribution in [-0.4, -0.2) is 14.6 Å². The number of nitrogen functional groups attached to an aromatic ring is 1. The Hall–Kier alpha value is -2.69. The first kappa shape index (κ1) is 18.1. The number of hydrogen-bond donors (Lipinski definition) is 2. The van der Waals surface area contributed by atoms with E-state index in [0.717, 1.165) is 17.0 Å². The molecule has 3 rings (SSSR count). The molecule has 0 amide bonds. The summed E-state index contributed by atoms with van der Waals surface area (Å²) in [6, 6.07) is 17.5. The minimum absolute atomic E-state index is 0.383. The fourth-order valence-corrected chi connectivity index (χ4v) is 4.06. The number of nitrogens with two attached hydrogens (primary N) is 1. The average molecular weight is 368 g/mol. The molecule has 3 N–H and O–H groups in total. The lowest BCUT2D eigenvalue weighted by atomic mass is 10.2. The molecule has 134 valence electrons. The van der Waals surface area contributed by atoms with Crippen molar-refractivity contribution in [1.29, 1.82) is 0 Å². The molecule has 7 heteroatoms. The largest absolute Gasteiger partial charge is 0.338 e. The van der Waals surface area contributed by atoms with Crippen molar-refractivity contribution in [1.82, 2.24) is 9.66 Å². The highest BCUT2D eigenvalue weighted by atomic mass is 31.2. The fraction of sp³-hybridized carbons (Fsp3) is 0.158. The topological polar surface area (TPSA) is 93.5 Å². The molecule has 6 nitrogen and oxygen atoms in total. The average Bonchev–Trinajstić information content (AvgIpc) is 2.64. The van der Waals surface area contributed by atoms with Crippen molar-refractivity contribution < 1.29 is 9.46 Å². The smallest absolute Gasteiger partial charge is 0.258 e. The summed E-state index contributed by atoms with van der Waals surface area (Å²) in [4.78, 5) is 19.2. The molecule has 2 aromatic carbocycles. The van der Waals surface area contributed by atoms with E-state index in [0.29, 0.717) is 22.8 Å². The maximum Gasteiger partial charge on any atom is 0.258 e. The molecular formula is C19H21N4O2P. The van der Waals surface area contributed by atoms with Gasteiger partial charge >= 0.3 is 0 Å². The zero-order valence-electron chi connectivity index (χ0n) is 14.7. The number of nitrogens with zero attached hydrogens (tertiary/aromatic N) is 3. The van der Waals surface area contributed by atoms with Crippen LogP contribution in [0.25, 0.3) is 0 Å². The van der Waals surface area contributed by atoms with Gasteiger partial charge < -0.3 is 10.7 Å². The molecule has 3 aromatic rings. The lowest BCUT2D eigenvalue weighted by Crippen LogP contribution is -2.33. The predicted molar refractivity (Wildman–Crippen MR) is 103 cm³/mol. The van der Waals surface area contributed by atoms with Gasteiger partial charge in [0.1, 0.15) is 0 Å². The summed E-state index contributed by atoms with van der Waals surface area (Å²) >= 11 is 0. The second kappa shape index (κ2) is 7.28. The number of benzene rings is 2. The highest BCUT2D eigenvalue weighted by Gasteiger charge is 2.23. The van der Waals surface area contributed by atoms with Gasteiger partial charge in [0.2, 0.25) is 5.62 Å². The van der Waals surface area contributed by atoms with Crippen molar-refractivity contribution in [3.63, 3.8) is 0 Å². The van der Waals surface area contributed by atoms with E-state index in [1.54, 1.807) is 48.5 Å². The second-order valence-corrected chi connectivity index (χ2v) is 8.29. The zero-order valence-corrected chi connectivity index (χ0v) is 15.6. The molecule has 1 aromatic heterocycles. The number of rotatable bonds is 4. The van der Waals surface area contributed by atoms with Crippen LogP contribution in [0.1, 0.15) is 17.0 Å². The Kier molecular flexibility index (Phi) is 5.07. The fourth-order valence-electron chi connectivity index (χ4n) is 2.63. The molecule has 0 aliphatic heterocycles. The number of hydrogen-bond acceptors (Lipinski definition) is 4. The Morgan fingerprint density at radius 2 is 1.69 bits per heavy atom. The molecule has 0 aliphatic rings. The van der Waals surface area contributed by atoms with Crippen LogP contribution in [0.5, 0.6) is 0 Å². The first-order valence-corrected chi connectivity index (χ1v) is 9.84. The highest BCUT2D eigenvalue weighted by Crippen LogP contribution is 2.37. The molecule has 0 aliphatic carbocycles. The summed E-state index contributed by atoms with van der Waals surface area (Å²) in [6.07, 6.45) is 0. The zero-order chi connectivity index (χ0) is 18.7. The van der Waals surface area contributed by atoms with Crippen LogP contribution in [0.15, 0.2) is 65.7 Å². The van der Waals surface area contributed by atoms with Gasteiger partial charge in [0.15, 0.2) is 0 Å². The first-order valence-electron chi connectivity index (χ1n) is 8.19. The molecule has 0 fully saturated rings. The van der Waals surface area contributed by atoms with Crippen LogP contribution >= 0.6 is 7.37 Å². The van der Waals surface area contributed by atoms with Crippen LogP contribution in [0.2, 0.25) is 0 Å².